The number of hydrogen-bond acceptors (Lipinski definition) is 3. The standard InChI is InChI=1S/C8H18O2S/c1-4-6-8(11)10-7(3)9-5-2/h7-8,11H,4-6H2,1-3H3. The van der Waals surface area contributed by atoms with E-state index in [1.54, 1.807) is 0 Å². The van der Waals surface area contributed by atoms with Gasteiger partial charge in [0.2, 0.25) is 0 Å². The minimum Gasteiger partial charge on any atom is -0.353 e. The van der Waals surface area contributed by atoms with Crippen LogP contribution in [0, 0.1) is 0 Å². The van der Waals surface area contributed by atoms with Crippen LogP contribution in [0.4, 0.5) is 0 Å². The molecule has 0 rings (SSSR count). The van der Waals surface area contributed by atoms with Gasteiger partial charge >= 0.3 is 0 Å². The molecule has 2 unspecified atom stereocenters. The molecule has 0 radical (unpaired) electrons. The average Bonchev–Trinajstić information content (AvgIpc) is 1.87. The Morgan fingerprint density at radius 2 is 2.00 bits per heavy atom. The van der Waals surface area contributed by atoms with Crippen molar-refractivity contribution in [2.45, 2.75) is 45.3 Å². The molecule has 0 saturated carbocycles. The molecular formula is C8H18O2S. The van der Waals surface area contributed by atoms with Crippen molar-refractivity contribution in [3.8, 4) is 0 Å². The van der Waals surface area contributed by atoms with Crippen LogP contribution in [0.5, 0.6) is 0 Å². The quantitative estimate of drug-likeness (QED) is 0.497. The minimum atomic E-state index is -0.131. The summed E-state index contributed by atoms with van der Waals surface area (Å²) in [7, 11) is 0. The van der Waals surface area contributed by atoms with Gasteiger partial charge in [-0.05, 0) is 20.3 Å². The molecule has 0 aliphatic heterocycles. The number of ether oxygens (including phenoxy) is 2. The molecule has 68 valence electrons. The SMILES string of the molecule is CCCC(S)OC(C)OCC. The summed E-state index contributed by atoms with van der Waals surface area (Å²) >= 11 is 4.24. The van der Waals surface area contributed by atoms with Crippen LogP contribution in [-0.4, -0.2) is 18.3 Å². The summed E-state index contributed by atoms with van der Waals surface area (Å²) < 4.78 is 10.6. The zero-order valence-corrected chi connectivity index (χ0v) is 8.43. The first-order valence-electron chi connectivity index (χ1n) is 4.15. The first kappa shape index (κ1) is 11.3. The third-order valence-electron chi connectivity index (χ3n) is 1.29. The molecule has 0 fully saturated rings. The molecule has 0 aromatic rings. The van der Waals surface area contributed by atoms with Crippen molar-refractivity contribution < 1.29 is 9.47 Å². The molecule has 2 nitrogen and oxygen atoms in total. The number of hydrogen-bond donors (Lipinski definition) is 1. The van der Waals surface area contributed by atoms with Crippen LogP contribution in [0.15, 0.2) is 0 Å². The van der Waals surface area contributed by atoms with E-state index in [0.717, 1.165) is 12.8 Å². The highest BCUT2D eigenvalue weighted by atomic mass is 32.1. The van der Waals surface area contributed by atoms with E-state index in [4.69, 9.17) is 9.47 Å². The van der Waals surface area contributed by atoms with Gasteiger partial charge in [-0.25, -0.2) is 0 Å². The molecule has 0 bridgehead atoms. The molecule has 0 heterocycles. The second-order valence-corrected chi connectivity index (χ2v) is 2.98. The first-order chi connectivity index (χ1) is 5.20. The van der Waals surface area contributed by atoms with Crippen LogP contribution in [0.25, 0.3) is 0 Å². The molecule has 0 saturated heterocycles. The van der Waals surface area contributed by atoms with Gasteiger partial charge in [0.15, 0.2) is 6.29 Å². The molecule has 0 N–H and O–H groups in total. The lowest BCUT2D eigenvalue weighted by Gasteiger charge is -2.17. The minimum absolute atomic E-state index is 0.0153. The van der Waals surface area contributed by atoms with Crippen LogP contribution in [-0.2, 0) is 9.47 Å². The zero-order valence-electron chi connectivity index (χ0n) is 7.54. The fourth-order valence-electron chi connectivity index (χ4n) is 0.810. The summed E-state index contributed by atoms with van der Waals surface area (Å²) in [5.74, 6) is 0. The first-order valence-corrected chi connectivity index (χ1v) is 4.67. The zero-order chi connectivity index (χ0) is 8.69. The fourth-order valence-corrected chi connectivity index (χ4v) is 1.24. The van der Waals surface area contributed by atoms with Gasteiger partial charge in [-0.1, -0.05) is 13.3 Å². The van der Waals surface area contributed by atoms with Crippen molar-refractivity contribution in [3.63, 3.8) is 0 Å². The second kappa shape index (κ2) is 6.95. The molecule has 11 heavy (non-hydrogen) atoms. The van der Waals surface area contributed by atoms with E-state index in [9.17, 15) is 0 Å². The van der Waals surface area contributed by atoms with Crippen molar-refractivity contribution in [1.29, 1.82) is 0 Å². The summed E-state index contributed by atoms with van der Waals surface area (Å²) in [6.45, 7) is 6.64. The van der Waals surface area contributed by atoms with Gasteiger partial charge in [0, 0.05) is 6.61 Å². The number of thiol groups is 1. The smallest absolute Gasteiger partial charge is 0.156 e. The highest BCUT2D eigenvalue weighted by Crippen LogP contribution is 2.09. The van der Waals surface area contributed by atoms with E-state index in [0.29, 0.717) is 6.61 Å². The van der Waals surface area contributed by atoms with E-state index in [1.807, 2.05) is 13.8 Å². The van der Waals surface area contributed by atoms with Crippen molar-refractivity contribution in [2.24, 2.45) is 0 Å². The Hall–Kier alpha value is 0.270. The largest absolute Gasteiger partial charge is 0.353 e. The lowest BCUT2D eigenvalue weighted by molar-refractivity contribution is -0.136. The molecule has 0 amide bonds. The molecule has 2 atom stereocenters. The summed E-state index contributed by atoms with van der Waals surface area (Å²) in [6.07, 6.45) is 1.93. The van der Waals surface area contributed by atoms with E-state index in [2.05, 4.69) is 19.6 Å². The highest BCUT2D eigenvalue weighted by molar-refractivity contribution is 7.80. The lowest BCUT2D eigenvalue weighted by atomic mass is 10.3. The second-order valence-electron chi connectivity index (χ2n) is 2.40. The average molecular weight is 178 g/mol. The predicted octanol–water partition coefficient (Wildman–Crippen LogP) is 2.44. The molecular weight excluding hydrogens is 160 g/mol. The maximum Gasteiger partial charge on any atom is 0.156 e. The fraction of sp³-hybridized carbons (Fsp3) is 1.00. The maximum atomic E-state index is 5.37. The summed E-state index contributed by atoms with van der Waals surface area (Å²) in [5, 5.41) is 0. The Bertz CT molecular complexity index is 78.2. The van der Waals surface area contributed by atoms with E-state index >= 15 is 0 Å². The highest BCUT2D eigenvalue weighted by Gasteiger charge is 2.06. The third-order valence-corrected chi connectivity index (χ3v) is 1.67. The monoisotopic (exact) mass is 178 g/mol. The molecule has 0 aliphatic rings. The lowest BCUT2D eigenvalue weighted by Crippen LogP contribution is -2.18. The van der Waals surface area contributed by atoms with Crippen LogP contribution in [0.2, 0.25) is 0 Å². The van der Waals surface area contributed by atoms with Crippen molar-refractivity contribution in [3.05, 3.63) is 0 Å². The van der Waals surface area contributed by atoms with Gasteiger partial charge in [-0.2, -0.15) is 0 Å². The Kier molecular flexibility index (Phi) is 7.12. The normalized spacial score (nSPS) is 16.4. The Morgan fingerprint density at radius 1 is 1.36 bits per heavy atom. The van der Waals surface area contributed by atoms with Gasteiger partial charge in [0.05, 0.1) is 0 Å². The van der Waals surface area contributed by atoms with Crippen molar-refractivity contribution in [1.82, 2.24) is 0 Å². The van der Waals surface area contributed by atoms with Crippen molar-refractivity contribution in [2.75, 3.05) is 6.61 Å². The molecule has 0 spiro atoms. The molecule has 0 aliphatic carbocycles. The van der Waals surface area contributed by atoms with Gasteiger partial charge in [0.1, 0.15) is 5.44 Å². The molecule has 0 aromatic carbocycles. The molecule has 3 heteroatoms. The summed E-state index contributed by atoms with van der Waals surface area (Å²) in [4.78, 5) is 0. The Labute approximate surface area is 74.7 Å². The van der Waals surface area contributed by atoms with Gasteiger partial charge in [-0.15, -0.1) is 12.6 Å². The van der Waals surface area contributed by atoms with E-state index in [-0.39, 0.29) is 11.7 Å². The van der Waals surface area contributed by atoms with Gasteiger partial charge in [0.25, 0.3) is 0 Å². The van der Waals surface area contributed by atoms with Crippen LogP contribution in [0.3, 0.4) is 0 Å². The number of rotatable bonds is 6. The summed E-state index contributed by atoms with van der Waals surface area (Å²) in [5.41, 5.74) is 0.0153. The topological polar surface area (TPSA) is 18.5 Å². The van der Waals surface area contributed by atoms with E-state index < -0.39 is 0 Å². The van der Waals surface area contributed by atoms with Crippen LogP contribution in [0.1, 0.15) is 33.6 Å². The Morgan fingerprint density at radius 3 is 2.45 bits per heavy atom. The summed E-state index contributed by atoms with van der Waals surface area (Å²) in [6, 6.07) is 0. The predicted molar refractivity (Wildman–Crippen MR) is 49.9 cm³/mol. The Balaban J connectivity index is 3.32. The van der Waals surface area contributed by atoms with Crippen molar-refractivity contribution >= 4 is 12.6 Å². The maximum absolute atomic E-state index is 5.37. The van der Waals surface area contributed by atoms with E-state index in [1.165, 1.54) is 0 Å². The van der Waals surface area contributed by atoms with Crippen LogP contribution < -0.4 is 0 Å². The molecule has 0 aromatic heterocycles. The van der Waals surface area contributed by atoms with Crippen LogP contribution >= 0.6 is 12.6 Å². The van der Waals surface area contributed by atoms with Gasteiger partial charge in [-0.3, -0.25) is 0 Å². The van der Waals surface area contributed by atoms with Gasteiger partial charge < -0.3 is 9.47 Å². The third kappa shape index (κ3) is 6.66.